The number of hydrogen-bond donors (Lipinski definition) is 0. The Bertz CT molecular complexity index is 251. The van der Waals surface area contributed by atoms with Gasteiger partial charge in [0.1, 0.15) is 0 Å². The first-order valence-electron chi connectivity index (χ1n) is 3.23. The standard InChI is InChI=1S/C8H7F2O2/c1-11-6-4-2-3-5-7(6)12-8(9)10/h2-4,8H,1H3. The van der Waals surface area contributed by atoms with Crippen LogP contribution in [-0.4, -0.2) is 13.7 Å². The summed E-state index contributed by atoms with van der Waals surface area (Å²) in [5, 5.41) is 0. The molecular formula is C8H7F2O2. The van der Waals surface area contributed by atoms with Gasteiger partial charge in [0.05, 0.1) is 7.11 Å². The Balaban J connectivity index is 2.82. The molecule has 4 heteroatoms. The van der Waals surface area contributed by atoms with Crippen molar-refractivity contribution >= 4 is 0 Å². The molecule has 2 nitrogen and oxygen atoms in total. The number of para-hydroxylation sites is 1. The minimum atomic E-state index is -2.85. The molecule has 0 aliphatic carbocycles. The van der Waals surface area contributed by atoms with Gasteiger partial charge >= 0.3 is 6.61 Å². The van der Waals surface area contributed by atoms with Crippen molar-refractivity contribution in [3.05, 3.63) is 24.3 Å². The van der Waals surface area contributed by atoms with Gasteiger partial charge in [-0.1, -0.05) is 12.1 Å². The van der Waals surface area contributed by atoms with E-state index in [1.165, 1.54) is 19.2 Å². The Morgan fingerprint density at radius 3 is 2.83 bits per heavy atom. The van der Waals surface area contributed by atoms with E-state index in [0.717, 1.165) is 0 Å². The maximum Gasteiger partial charge on any atom is 0.387 e. The predicted octanol–water partition coefficient (Wildman–Crippen LogP) is 2.10. The van der Waals surface area contributed by atoms with Gasteiger partial charge in [-0.25, -0.2) is 0 Å². The second kappa shape index (κ2) is 3.90. The second-order valence-corrected chi connectivity index (χ2v) is 1.95. The lowest BCUT2D eigenvalue weighted by molar-refractivity contribution is -0.0513. The molecule has 0 atom stereocenters. The summed E-state index contributed by atoms with van der Waals surface area (Å²) in [5.41, 5.74) is 0. The molecule has 0 N–H and O–H groups in total. The zero-order chi connectivity index (χ0) is 8.97. The average molecular weight is 173 g/mol. The van der Waals surface area contributed by atoms with E-state index in [0.29, 0.717) is 0 Å². The number of rotatable bonds is 3. The van der Waals surface area contributed by atoms with Crippen molar-refractivity contribution in [2.24, 2.45) is 0 Å². The average Bonchev–Trinajstić information content (AvgIpc) is 2.04. The van der Waals surface area contributed by atoms with E-state index in [2.05, 4.69) is 10.8 Å². The molecule has 0 heterocycles. The largest absolute Gasteiger partial charge is 0.493 e. The number of halogens is 2. The Morgan fingerprint density at radius 2 is 2.25 bits per heavy atom. The van der Waals surface area contributed by atoms with E-state index in [1.807, 2.05) is 0 Å². The van der Waals surface area contributed by atoms with E-state index < -0.39 is 6.61 Å². The highest BCUT2D eigenvalue weighted by Crippen LogP contribution is 2.26. The lowest BCUT2D eigenvalue weighted by Crippen LogP contribution is -2.03. The van der Waals surface area contributed by atoms with Crippen LogP contribution in [0.15, 0.2) is 18.2 Å². The van der Waals surface area contributed by atoms with Crippen LogP contribution in [-0.2, 0) is 0 Å². The molecule has 65 valence electrons. The van der Waals surface area contributed by atoms with Crippen LogP contribution in [0.2, 0.25) is 0 Å². The Hall–Kier alpha value is -1.32. The normalized spacial score (nSPS) is 10.0. The molecule has 0 saturated carbocycles. The molecule has 0 aliphatic rings. The summed E-state index contributed by atoms with van der Waals surface area (Å²) in [6.45, 7) is -2.85. The van der Waals surface area contributed by atoms with Crippen molar-refractivity contribution < 1.29 is 18.3 Å². The van der Waals surface area contributed by atoms with Gasteiger partial charge in [-0.3, -0.25) is 0 Å². The summed E-state index contributed by atoms with van der Waals surface area (Å²) in [7, 11) is 1.38. The third-order valence-corrected chi connectivity index (χ3v) is 1.21. The van der Waals surface area contributed by atoms with Crippen LogP contribution in [0.4, 0.5) is 8.78 Å². The van der Waals surface area contributed by atoms with E-state index in [1.54, 1.807) is 6.07 Å². The Labute approximate surface area is 68.7 Å². The smallest absolute Gasteiger partial charge is 0.387 e. The molecule has 0 spiro atoms. The Kier molecular flexibility index (Phi) is 2.85. The fourth-order valence-electron chi connectivity index (χ4n) is 0.748. The van der Waals surface area contributed by atoms with E-state index >= 15 is 0 Å². The van der Waals surface area contributed by atoms with Gasteiger partial charge in [0.15, 0.2) is 11.5 Å². The number of ether oxygens (including phenoxy) is 2. The van der Waals surface area contributed by atoms with Crippen LogP contribution in [0.3, 0.4) is 0 Å². The highest BCUT2D eigenvalue weighted by atomic mass is 19.3. The lowest BCUT2D eigenvalue weighted by atomic mass is 10.3. The summed E-state index contributed by atoms with van der Waals surface area (Å²) in [6.07, 6.45) is 0. The van der Waals surface area contributed by atoms with Crippen molar-refractivity contribution in [3.63, 3.8) is 0 Å². The van der Waals surface area contributed by atoms with E-state index in [4.69, 9.17) is 4.74 Å². The third kappa shape index (κ3) is 2.08. The van der Waals surface area contributed by atoms with Crippen LogP contribution in [0, 0.1) is 6.07 Å². The van der Waals surface area contributed by atoms with Crippen molar-refractivity contribution in [1.29, 1.82) is 0 Å². The van der Waals surface area contributed by atoms with Gasteiger partial charge in [-0.15, -0.1) is 0 Å². The van der Waals surface area contributed by atoms with Crippen LogP contribution < -0.4 is 9.47 Å². The highest BCUT2D eigenvalue weighted by Gasteiger charge is 2.08. The Morgan fingerprint density at radius 1 is 1.50 bits per heavy atom. The molecule has 12 heavy (non-hydrogen) atoms. The first-order valence-corrected chi connectivity index (χ1v) is 3.23. The maximum absolute atomic E-state index is 11.7. The van der Waals surface area contributed by atoms with E-state index in [9.17, 15) is 8.78 Å². The van der Waals surface area contributed by atoms with Crippen molar-refractivity contribution in [1.82, 2.24) is 0 Å². The topological polar surface area (TPSA) is 18.5 Å². The van der Waals surface area contributed by atoms with Gasteiger partial charge in [0.2, 0.25) is 0 Å². The number of methoxy groups -OCH3 is 1. The minimum absolute atomic E-state index is 0.0741. The van der Waals surface area contributed by atoms with E-state index in [-0.39, 0.29) is 11.5 Å². The van der Waals surface area contributed by atoms with Crippen molar-refractivity contribution in [2.75, 3.05) is 7.11 Å². The molecule has 0 amide bonds. The van der Waals surface area contributed by atoms with Gasteiger partial charge in [-0.05, 0) is 6.07 Å². The maximum atomic E-state index is 11.7. The number of hydrogen-bond acceptors (Lipinski definition) is 2. The monoisotopic (exact) mass is 173 g/mol. The molecule has 0 saturated heterocycles. The fourth-order valence-corrected chi connectivity index (χ4v) is 0.748. The summed E-state index contributed by atoms with van der Waals surface area (Å²) in [5.74, 6) is 0.174. The van der Waals surface area contributed by atoms with Crippen LogP contribution in [0.25, 0.3) is 0 Å². The summed E-state index contributed by atoms with van der Waals surface area (Å²) < 4.78 is 32.4. The molecule has 1 rings (SSSR count). The molecule has 0 aromatic heterocycles. The summed E-state index contributed by atoms with van der Waals surface area (Å²) in [6, 6.07) is 7.11. The second-order valence-electron chi connectivity index (χ2n) is 1.95. The van der Waals surface area contributed by atoms with Crippen molar-refractivity contribution in [3.8, 4) is 11.5 Å². The van der Waals surface area contributed by atoms with Gasteiger partial charge < -0.3 is 9.47 Å². The quantitative estimate of drug-likeness (QED) is 0.696. The molecule has 1 aromatic rings. The molecular weight excluding hydrogens is 166 g/mol. The molecule has 0 fully saturated rings. The minimum Gasteiger partial charge on any atom is -0.493 e. The number of benzene rings is 1. The molecule has 0 aliphatic heterocycles. The summed E-state index contributed by atoms with van der Waals surface area (Å²) >= 11 is 0. The van der Waals surface area contributed by atoms with Crippen LogP contribution in [0.5, 0.6) is 11.5 Å². The predicted molar refractivity (Wildman–Crippen MR) is 38.5 cm³/mol. The molecule has 1 radical (unpaired) electrons. The lowest BCUT2D eigenvalue weighted by Gasteiger charge is -2.07. The molecule has 0 bridgehead atoms. The van der Waals surface area contributed by atoms with Crippen LogP contribution in [0.1, 0.15) is 0 Å². The van der Waals surface area contributed by atoms with Crippen molar-refractivity contribution in [2.45, 2.75) is 6.61 Å². The highest BCUT2D eigenvalue weighted by molar-refractivity contribution is 5.38. The third-order valence-electron chi connectivity index (χ3n) is 1.21. The SMILES string of the molecule is COc1ccc[c]c1OC(F)F. The summed E-state index contributed by atoms with van der Waals surface area (Å²) in [4.78, 5) is 0. The van der Waals surface area contributed by atoms with Crippen LogP contribution >= 0.6 is 0 Å². The fraction of sp³-hybridized carbons (Fsp3) is 0.250. The van der Waals surface area contributed by atoms with Gasteiger partial charge in [0, 0.05) is 6.07 Å². The van der Waals surface area contributed by atoms with Gasteiger partial charge in [0.25, 0.3) is 0 Å². The molecule has 0 unspecified atom stereocenters. The molecule has 1 aromatic carbocycles. The number of alkyl halides is 2. The first-order chi connectivity index (χ1) is 5.74. The first kappa shape index (κ1) is 8.77. The zero-order valence-electron chi connectivity index (χ0n) is 6.38. The van der Waals surface area contributed by atoms with Gasteiger partial charge in [-0.2, -0.15) is 8.78 Å². The zero-order valence-corrected chi connectivity index (χ0v) is 6.38.